The Hall–Kier alpha value is -3.23. The number of alkyl halides is 3. The van der Waals surface area contributed by atoms with E-state index in [-0.39, 0.29) is 24.8 Å². The van der Waals surface area contributed by atoms with Crippen molar-refractivity contribution >= 4 is 11.8 Å². The Balaban J connectivity index is 1.59. The van der Waals surface area contributed by atoms with Crippen LogP contribution in [0.25, 0.3) is 0 Å². The average molecular weight is 464 g/mol. The fourth-order valence-electron chi connectivity index (χ4n) is 4.02. The van der Waals surface area contributed by atoms with Crippen LogP contribution in [0, 0.1) is 0 Å². The molecule has 2 aromatic carbocycles. The Labute approximate surface area is 190 Å². The van der Waals surface area contributed by atoms with Gasteiger partial charge in [0.25, 0.3) is 0 Å². The lowest BCUT2D eigenvalue weighted by molar-refractivity contribution is -0.137. The Morgan fingerprint density at radius 3 is 2.30 bits per heavy atom. The fourth-order valence-corrected chi connectivity index (χ4v) is 4.02. The standard InChI is InChI=1S/C24H27F3N2O4/c1-32-19-8-5-17(13-20(19)33-2)14-23(12-10-22(31)29-23)11-9-21(30)28-15-16-3-6-18(7-4-16)24(25,26)27/h3-8,13H,9-12,14-15H2,1-2H3,(H,28,30)(H,29,31). The minimum Gasteiger partial charge on any atom is -0.493 e. The van der Waals surface area contributed by atoms with Crippen LogP contribution < -0.4 is 20.1 Å². The zero-order chi connectivity index (χ0) is 24.1. The van der Waals surface area contributed by atoms with Crippen LogP contribution in [-0.2, 0) is 28.7 Å². The van der Waals surface area contributed by atoms with E-state index >= 15 is 0 Å². The van der Waals surface area contributed by atoms with Gasteiger partial charge in [0, 0.05) is 24.9 Å². The molecule has 0 aromatic heterocycles. The van der Waals surface area contributed by atoms with E-state index in [1.807, 2.05) is 12.1 Å². The van der Waals surface area contributed by atoms with Gasteiger partial charge in [0.1, 0.15) is 0 Å². The van der Waals surface area contributed by atoms with E-state index < -0.39 is 17.3 Å². The number of methoxy groups -OCH3 is 2. The number of amides is 2. The molecule has 2 amide bonds. The molecule has 2 N–H and O–H groups in total. The molecule has 1 fully saturated rings. The molecule has 9 heteroatoms. The van der Waals surface area contributed by atoms with Crippen LogP contribution in [0.3, 0.4) is 0 Å². The van der Waals surface area contributed by atoms with Gasteiger partial charge in [-0.2, -0.15) is 13.2 Å². The highest BCUT2D eigenvalue weighted by molar-refractivity contribution is 5.80. The Bertz CT molecular complexity index is 992. The van der Waals surface area contributed by atoms with Gasteiger partial charge in [0.05, 0.1) is 19.8 Å². The van der Waals surface area contributed by atoms with E-state index in [4.69, 9.17) is 9.47 Å². The lowest BCUT2D eigenvalue weighted by atomic mass is 9.85. The van der Waals surface area contributed by atoms with Crippen molar-refractivity contribution in [1.82, 2.24) is 10.6 Å². The zero-order valence-electron chi connectivity index (χ0n) is 18.6. The van der Waals surface area contributed by atoms with Crippen molar-refractivity contribution < 1.29 is 32.2 Å². The summed E-state index contributed by atoms with van der Waals surface area (Å²) >= 11 is 0. The SMILES string of the molecule is COc1ccc(CC2(CCC(=O)NCc3ccc(C(F)(F)F)cc3)CCC(=O)N2)cc1OC. The minimum atomic E-state index is -4.39. The molecule has 0 radical (unpaired) electrons. The summed E-state index contributed by atoms with van der Waals surface area (Å²) in [5.41, 5.74) is 0.236. The number of ether oxygens (including phenoxy) is 2. The van der Waals surface area contributed by atoms with Crippen LogP contribution in [0.4, 0.5) is 13.2 Å². The van der Waals surface area contributed by atoms with Crippen molar-refractivity contribution in [3.8, 4) is 11.5 Å². The van der Waals surface area contributed by atoms with Crippen molar-refractivity contribution in [2.75, 3.05) is 14.2 Å². The summed E-state index contributed by atoms with van der Waals surface area (Å²) < 4.78 is 48.6. The van der Waals surface area contributed by atoms with Crippen LogP contribution in [0.15, 0.2) is 42.5 Å². The van der Waals surface area contributed by atoms with Crippen LogP contribution in [0.2, 0.25) is 0 Å². The molecule has 1 aliphatic rings. The summed E-state index contributed by atoms with van der Waals surface area (Å²) in [5.74, 6) is 0.903. The minimum absolute atomic E-state index is 0.0550. The van der Waals surface area contributed by atoms with E-state index in [0.717, 1.165) is 17.7 Å². The van der Waals surface area contributed by atoms with Crippen molar-refractivity contribution in [3.05, 3.63) is 59.2 Å². The quantitative estimate of drug-likeness (QED) is 0.588. The Morgan fingerprint density at radius 2 is 1.73 bits per heavy atom. The lowest BCUT2D eigenvalue weighted by Crippen LogP contribution is -2.44. The molecule has 6 nitrogen and oxygen atoms in total. The van der Waals surface area contributed by atoms with Gasteiger partial charge in [0.15, 0.2) is 11.5 Å². The first-order valence-electron chi connectivity index (χ1n) is 10.6. The third-order valence-electron chi connectivity index (χ3n) is 5.83. The van der Waals surface area contributed by atoms with Crippen LogP contribution >= 0.6 is 0 Å². The smallest absolute Gasteiger partial charge is 0.416 e. The molecule has 1 atom stereocenters. The number of nitrogens with one attached hydrogen (secondary N) is 2. The first-order chi connectivity index (χ1) is 15.6. The highest BCUT2D eigenvalue weighted by atomic mass is 19.4. The maximum absolute atomic E-state index is 12.7. The molecule has 33 heavy (non-hydrogen) atoms. The monoisotopic (exact) mass is 464 g/mol. The fraction of sp³-hybridized carbons (Fsp3) is 0.417. The summed E-state index contributed by atoms with van der Waals surface area (Å²) in [6.07, 6.45) is -2.26. The molecular weight excluding hydrogens is 437 g/mol. The second-order valence-electron chi connectivity index (χ2n) is 8.17. The molecule has 1 saturated heterocycles. The molecule has 1 unspecified atom stereocenters. The number of halogens is 3. The maximum atomic E-state index is 12.7. The normalized spacial score (nSPS) is 18.0. The summed E-state index contributed by atoms with van der Waals surface area (Å²) in [6.45, 7) is 0.131. The molecule has 1 aliphatic heterocycles. The molecule has 0 spiro atoms. The highest BCUT2D eigenvalue weighted by Crippen LogP contribution is 2.33. The number of benzene rings is 2. The number of hydrogen-bond acceptors (Lipinski definition) is 4. The lowest BCUT2D eigenvalue weighted by Gasteiger charge is -2.29. The Morgan fingerprint density at radius 1 is 1.06 bits per heavy atom. The van der Waals surface area contributed by atoms with E-state index in [1.165, 1.54) is 12.1 Å². The van der Waals surface area contributed by atoms with Gasteiger partial charge in [-0.3, -0.25) is 9.59 Å². The second kappa shape index (κ2) is 10.1. The van der Waals surface area contributed by atoms with Crippen molar-refractivity contribution in [1.29, 1.82) is 0 Å². The molecule has 1 heterocycles. The van der Waals surface area contributed by atoms with Gasteiger partial charge in [-0.05, 0) is 54.7 Å². The molecule has 2 aromatic rings. The molecule has 3 rings (SSSR count). The predicted molar refractivity (Wildman–Crippen MR) is 116 cm³/mol. The predicted octanol–water partition coefficient (Wildman–Crippen LogP) is 4.01. The molecule has 178 valence electrons. The summed E-state index contributed by atoms with van der Waals surface area (Å²) in [4.78, 5) is 24.4. The van der Waals surface area contributed by atoms with Gasteiger partial charge in [-0.15, -0.1) is 0 Å². The highest BCUT2D eigenvalue weighted by Gasteiger charge is 2.38. The molecule has 0 saturated carbocycles. The van der Waals surface area contributed by atoms with Gasteiger partial charge in [0.2, 0.25) is 11.8 Å². The van der Waals surface area contributed by atoms with Gasteiger partial charge in [-0.25, -0.2) is 0 Å². The van der Waals surface area contributed by atoms with Crippen molar-refractivity contribution in [2.24, 2.45) is 0 Å². The van der Waals surface area contributed by atoms with E-state index in [9.17, 15) is 22.8 Å². The van der Waals surface area contributed by atoms with Crippen LogP contribution in [-0.4, -0.2) is 31.6 Å². The number of carbonyl (C=O) groups is 2. The van der Waals surface area contributed by atoms with E-state index in [2.05, 4.69) is 10.6 Å². The van der Waals surface area contributed by atoms with E-state index in [1.54, 1.807) is 20.3 Å². The third kappa shape index (κ3) is 6.40. The Kier molecular flexibility index (Phi) is 7.50. The zero-order valence-corrected chi connectivity index (χ0v) is 18.6. The summed E-state index contributed by atoms with van der Waals surface area (Å²) in [5, 5.41) is 5.77. The summed E-state index contributed by atoms with van der Waals surface area (Å²) in [7, 11) is 3.11. The first-order valence-corrected chi connectivity index (χ1v) is 10.6. The van der Waals surface area contributed by atoms with Crippen molar-refractivity contribution in [3.63, 3.8) is 0 Å². The van der Waals surface area contributed by atoms with Gasteiger partial charge < -0.3 is 20.1 Å². The van der Waals surface area contributed by atoms with E-state index in [0.29, 0.717) is 42.7 Å². The van der Waals surface area contributed by atoms with Crippen LogP contribution in [0.5, 0.6) is 11.5 Å². The second-order valence-corrected chi connectivity index (χ2v) is 8.17. The van der Waals surface area contributed by atoms with Gasteiger partial charge in [-0.1, -0.05) is 18.2 Å². The summed E-state index contributed by atoms with van der Waals surface area (Å²) in [6, 6.07) is 10.2. The maximum Gasteiger partial charge on any atom is 0.416 e. The first kappa shape index (κ1) is 24.4. The molecule has 0 aliphatic carbocycles. The largest absolute Gasteiger partial charge is 0.493 e. The number of hydrogen-bond donors (Lipinski definition) is 2. The van der Waals surface area contributed by atoms with Gasteiger partial charge >= 0.3 is 6.18 Å². The topological polar surface area (TPSA) is 76.7 Å². The average Bonchev–Trinajstić information content (AvgIpc) is 3.16. The van der Waals surface area contributed by atoms with Crippen molar-refractivity contribution in [2.45, 2.75) is 50.4 Å². The molecular formula is C24H27F3N2O4. The molecule has 0 bridgehead atoms. The number of rotatable bonds is 9. The van der Waals surface area contributed by atoms with Crippen LogP contribution in [0.1, 0.15) is 42.4 Å². The third-order valence-corrected chi connectivity index (χ3v) is 5.83. The number of carbonyl (C=O) groups excluding carboxylic acids is 2.